The van der Waals surface area contributed by atoms with E-state index in [1.54, 1.807) is 7.11 Å². The lowest BCUT2D eigenvalue weighted by atomic mass is 9.92. The molecule has 0 saturated carbocycles. The molecule has 0 aliphatic rings. The van der Waals surface area contributed by atoms with Crippen LogP contribution in [0.3, 0.4) is 0 Å². The molecule has 0 spiro atoms. The van der Waals surface area contributed by atoms with Gasteiger partial charge in [-0.25, -0.2) is 4.68 Å². The van der Waals surface area contributed by atoms with Gasteiger partial charge in [-0.1, -0.05) is 34.6 Å². The average Bonchev–Trinajstić information content (AvgIpc) is 2.48. The Morgan fingerprint density at radius 2 is 2.00 bits per heavy atom. The number of nitrogens with zero attached hydrogens (tertiary/aromatic N) is 2. The second-order valence-corrected chi connectivity index (χ2v) is 5.28. The van der Waals surface area contributed by atoms with Crippen molar-refractivity contribution in [2.24, 2.45) is 0 Å². The van der Waals surface area contributed by atoms with Gasteiger partial charge in [0.15, 0.2) is 0 Å². The van der Waals surface area contributed by atoms with Gasteiger partial charge in [0, 0.05) is 18.2 Å². The van der Waals surface area contributed by atoms with Gasteiger partial charge in [0.1, 0.15) is 6.73 Å². The normalized spacial score (nSPS) is 12.5. The van der Waals surface area contributed by atoms with Crippen LogP contribution >= 0.6 is 0 Å². The highest BCUT2D eigenvalue weighted by molar-refractivity contribution is 5.19. The average molecular weight is 210 g/mol. The van der Waals surface area contributed by atoms with Crippen LogP contribution < -0.4 is 0 Å². The van der Waals surface area contributed by atoms with Crippen LogP contribution in [0.1, 0.15) is 51.9 Å². The number of ether oxygens (including phenoxy) is 1. The molecule has 1 aromatic rings. The van der Waals surface area contributed by atoms with Crippen LogP contribution in [0.2, 0.25) is 0 Å². The zero-order valence-electron chi connectivity index (χ0n) is 10.7. The van der Waals surface area contributed by atoms with Crippen LogP contribution in [0, 0.1) is 0 Å². The van der Waals surface area contributed by atoms with Gasteiger partial charge in [-0.2, -0.15) is 5.10 Å². The largest absolute Gasteiger partial charge is 0.362 e. The van der Waals surface area contributed by atoms with Gasteiger partial charge in [-0.3, -0.25) is 0 Å². The molecule has 3 heteroatoms. The number of hydrogen-bond donors (Lipinski definition) is 0. The highest BCUT2D eigenvalue weighted by atomic mass is 16.5. The number of hydrogen-bond acceptors (Lipinski definition) is 2. The molecule has 1 heterocycles. The fourth-order valence-corrected chi connectivity index (χ4v) is 1.49. The topological polar surface area (TPSA) is 27.1 Å². The van der Waals surface area contributed by atoms with E-state index in [0.717, 1.165) is 5.69 Å². The smallest absolute Gasteiger partial charge is 0.139 e. The van der Waals surface area contributed by atoms with Crippen LogP contribution in [0.4, 0.5) is 0 Å². The van der Waals surface area contributed by atoms with Gasteiger partial charge >= 0.3 is 0 Å². The minimum absolute atomic E-state index is 0.0998. The van der Waals surface area contributed by atoms with E-state index in [-0.39, 0.29) is 5.41 Å². The number of aromatic nitrogens is 2. The summed E-state index contributed by atoms with van der Waals surface area (Å²) in [5, 5.41) is 4.58. The molecule has 0 saturated heterocycles. The first-order valence-electron chi connectivity index (χ1n) is 5.43. The molecule has 1 aromatic heterocycles. The Hall–Kier alpha value is -0.830. The molecule has 0 N–H and O–H groups in total. The summed E-state index contributed by atoms with van der Waals surface area (Å²) in [4.78, 5) is 0. The van der Waals surface area contributed by atoms with Crippen LogP contribution in [0.5, 0.6) is 0 Å². The van der Waals surface area contributed by atoms with E-state index < -0.39 is 0 Å². The summed E-state index contributed by atoms with van der Waals surface area (Å²) in [6.45, 7) is 11.4. The molecule has 3 nitrogen and oxygen atoms in total. The predicted molar refractivity (Wildman–Crippen MR) is 62.0 cm³/mol. The minimum atomic E-state index is 0.0998. The molecule has 0 aliphatic carbocycles. The second-order valence-electron chi connectivity index (χ2n) is 5.28. The summed E-state index contributed by atoms with van der Waals surface area (Å²) >= 11 is 0. The van der Waals surface area contributed by atoms with E-state index in [4.69, 9.17) is 4.74 Å². The first-order valence-corrected chi connectivity index (χ1v) is 5.43. The second kappa shape index (κ2) is 4.35. The third kappa shape index (κ3) is 2.81. The lowest BCUT2D eigenvalue weighted by molar-refractivity contribution is 0.116. The predicted octanol–water partition coefficient (Wildman–Crippen LogP) is 2.91. The quantitative estimate of drug-likeness (QED) is 0.767. The molecule has 86 valence electrons. The Bertz CT molecular complexity index is 321. The zero-order valence-corrected chi connectivity index (χ0v) is 10.7. The molecule has 0 aliphatic heterocycles. The van der Waals surface area contributed by atoms with E-state index in [9.17, 15) is 0 Å². The monoisotopic (exact) mass is 210 g/mol. The molecule has 0 radical (unpaired) electrons. The first-order chi connectivity index (χ1) is 6.86. The maximum absolute atomic E-state index is 5.15. The van der Waals surface area contributed by atoms with Gasteiger partial charge in [0.2, 0.25) is 0 Å². The molecule has 0 aromatic carbocycles. The Labute approximate surface area is 92.4 Å². The van der Waals surface area contributed by atoms with Crippen LogP contribution in [-0.2, 0) is 16.9 Å². The van der Waals surface area contributed by atoms with Crippen molar-refractivity contribution in [3.63, 3.8) is 0 Å². The van der Waals surface area contributed by atoms with E-state index >= 15 is 0 Å². The van der Waals surface area contributed by atoms with Gasteiger partial charge < -0.3 is 4.74 Å². The highest BCUT2D eigenvalue weighted by Crippen LogP contribution is 2.25. The third-order valence-electron chi connectivity index (χ3n) is 2.42. The lowest BCUT2D eigenvalue weighted by Crippen LogP contribution is -2.13. The molecule has 1 rings (SSSR count). The highest BCUT2D eigenvalue weighted by Gasteiger charge is 2.20. The summed E-state index contributed by atoms with van der Waals surface area (Å²) in [6.07, 6.45) is 0. The van der Waals surface area contributed by atoms with Crippen molar-refractivity contribution < 1.29 is 4.74 Å². The Balaban J connectivity index is 3.09. The molecule has 0 fully saturated rings. The van der Waals surface area contributed by atoms with Crippen molar-refractivity contribution >= 4 is 0 Å². The van der Waals surface area contributed by atoms with Crippen molar-refractivity contribution in [3.8, 4) is 0 Å². The van der Waals surface area contributed by atoms with E-state index in [1.165, 1.54) is 5.69 Å². The van der Waals surface area contributed by atoms with E-state index in [0.29, 0.717) is 12.6 Å². The summed E-state index contributed by atoms with van der Waals surface area (Å²) in [5.74, 6) is 0.476. The lowest BCUT2D eigenvalue weighted by Gasteiger charge is -2.14. The standard InChI is InChI=1S/C12H22N2O/c1-9(2)10-7-11(12(3,4)5)13-14(10)8-15-6/h7,9H,8H2,1-6H3. The van der Waals surface area contributed by atoms with Crippen LogP contribution in [-0.4, -0.2) is 16.9 Å². The minimum Gasteiger partial charge on any atom is -0.362 e. The number of rotatable bonds is 3. The first kappa shape index (κ1) is 12.2. The fraction of sp³-hybridized carbons (Fsp3) is 0.750. The Morgan fingerprint density at radius 1 is 1.40 bits per heavy atom. The molecular formula is C12H22N2O. The zero-order chi connectivity index (χ0) is 11.6. The SMILES string of the molecule is COCn1nc(C(C)(C)C)cc1C(C)C. The Morgan fingerprint density at radius 3 is 2.40 bits per heavy atom. The van der Waals surface area contributed by atoms with E-state index in [2.05, 4.69) is 45.8 Å². The van der Waals surface area contributed by atoms with Crippen molar-refractivity contribution in [1.82, 2.24) is 9.78 Å². The summed E-state index contributed by atoms with van der Waals surface area (Å²) in [6, 6.07) is 2.18. The van der Waals surface area contributed by atoms with Gasteiger partial charge in [-0.05, 0) is 12.0 Å². The van der Waals surface area contributed by atoms with Crippen molar-refractivity contribution in [2.45, 2.75) is 52.7 Å². The fourth-order valence-electron chi connectivity index (χ4n) is 1.49. The summed E-state index contributed by atoms with van der Waals surface area (Å²) < 4.78 is 7.09. The van der Waals surface area contributed by atoms with Crippen molar-refractivity contribution in [2.75, 3.05) is 7.11 Å². The maximum Gasteiger partial charge on any atom is 0.139 e. The summed E-state index contributed by atoms with van der Waals surface area (Å²) in [5.41, 5.74) is 2.47. The molecule has 0 bridgehead atoms. The molecular weight excluding hydrogens is 188 g/mol. The third-order valence-corrected chi connectivity index (χ3v) is 2.42. The van der Waals surface area contributed by atoms with Gasteiger partial charge in [-0.15, -0.1) is 0 Å². The van der Waals surface area contributed by atoms with Crippen LogP contribution in [0.15, 0.2) is 6.07 Å². The van der Waals surface area contributed by atoms with Crippen molar-refractivity contribution in [1.29, 1.82) is 0 Å². The van der Waals surface area contributed by atoms with Gasteiger partial charge in [0.25, 0.3) is 0 Å². The number of methoxy groups -OCH3 is 1. The van der Waals surface area contributed by atoms with Gasteiger partial charge in [0.05, 0.1) is 5.69 Å². The van der Waals surface area contributed by atoms with Crippen LogP contribution in [0.25, 0.3) is 0 Å². The molecule has 0 amide bonds. The molecule has 15 heavy (non-hydrogen) atoms. The summed E-state index contributed by atoms with van der Waals surface area (Å²) in [7, 11) is 1.70. The molecule has 0 atom stereocenters. The molecule has 0 unspecified atom stereocenters. The maximum atomic E-state index is 5.15. The van der Waals surface area contributed by atoms with Crippen molar-refractivity contribution in [3.05, 3.63) is 17.5 Å². The van der Waals surface area contributed by atoms with E-state index in [1.807, 2.05) is 4.68 Å². The Kier molecular flexibility index (Phi) is 3.55.